The van der Waals surface area contributed by atoms with Gasteiger partial charge in [0.2, 0.25) is 0 Å². The maximum Gasteiger partial charge on any atom is 0.405 e. The van der Waals surface area contributed by atoms with Gasteiger partial charge in [-0.1, -0.05) is 72.6 Å². The number of hydrogen-bond acceptors (Lipinski definition) is 2. The molecule has 1 saturated heterocycles. The van der Waals surface area contributed by atoms with E-state index in [9.17, 15) is 9.90 Å². The van der Waals surface area contributed by atoms with Crippen molar-refractivity contribution in [3.8, 4) is 0 Å². The fourth-order valence-electron chi connectivity index (χ4n) is 4.89. The van der Waals surface area contributed by atoms with E-state index in [1.165, 1.54) is 38.5 Å². The van der Waals surface area contributed by atoms with Crippen LogP contribution < -0.4 is 5.32 Å². The lowest BCUT2D eigenvalue weighted by molar-refractivity contribution is 0.0337. The monoisotopic (exact) mass is 354 g/mol. The molecule has 1 atom stereocenters. The first-order valence-electron chi connectivity index (χ1n) is 10.8. The summed E-state index contributed by atoms with van der Waals surface area (Å²) in [6.07, 6.45) is 12.7. The zero-order chi connectivity index (χ0) is 18.8. The highest BCUT2D eigenvalue weighted by Gasteiger charge is 2.58. The number of rotatable bonds is 13. The minimum atomic E-state index is -0.842. The van der Waals surface area contributed by atoms with Crippen LogP contribution in [0.2, 0.25) is 0 Å². The highest BCUT2D eigenvalue weighted by atomic mass is 16.4. The molecule has 0 unspecified atom stereocenters. The van der Waals surface area contributed by atoms with Crippen molar-refractivity contribution in [2.45, 2.75) is 116 Å². The molecule has 2 N–H and O–H groups in total. The van der Waals surface area contributed by atoms with Crippen molar-refractivity contribution < 1.29 is 9.90 Å². The molecule has 0 aromatic carbocycles. The summed E-state index contributed by atoms with van der Waals surface area (Å²) in [7, 11) is 0. The summed E-state index contributed by atoms with van der Waals surface area (Å²) in [6, 6.07) is 0. The van der Waals surface area contributed by atoms with Crippen molar-refractivity contribution in [1.29, 1.82) is 0 Å². The van der Waals surface area contributed by atoms with Gasteiger partial charge in [0, 0.05) is 12.1 Å². The standard InChI is InChI=1S/C21H42N2O2/c1-5-9-13-20(22-19(24)25)16-18-23(17-12-8-4)21(20,14-10-6-2)15-11-7-3/h22H,5-18H2,1-4H3,(H,24,25)/t20-/m1/s1. The van der Waals surface area contributed by atoms with E-state index < -0.39 is 6.09 Å². The Balaban J connectivity index is 3.26. The Morgan fingerprint density at radius 2 is 1.44 bits per heavy atom. The topological polar surface area (TPSA) is 52.6 Å². The fraction of sp³-hybridized carbons (Fsp3) is 0.952. The molecule has 25 heavy (non-hydrogen) atoms. The first-order chi connectivity index (χ1) is 12.0. The first kappa shape index (κ1) is 22.3. The van der Waals surface area contributed by atoms with Crippen molar-refractivity contribution in [3.63, 3.8) is 0 Å². The second-order valence-electron chi connectivity index (χ2n) is 7.95. The molecule has 0 aliphatic carbocycles. The molecule has 148 valence electrons. The number of hydrogen-bond donors (Lipinski definition) is 2. The van der Waals surface area contributed by atoms with Crippen LogP contribution in [0.25, 0.3) is 0 Å². The Morgan fingerprint density at radius 3 is 1.92 bits per heavy atom. The summed E-state index contributed by atoms with van der Waals surface area (Å²) >= 11 is 0. The average Bonchev–Trinajstić information content (AvgIpc) is 2.87. The van der Waals surface area contributed by atoms with Crippen LogP contribution in [0.15, 0.2) is 0 Å². The molecule has 4 heteroatoms. The highest BCUT2D eigenvalue weighted by molar-refractivity contribution is 5.66. The predicted molar refractivity (Wildman–Crippen MR) is 106 cm³/mol. The van der Waals surface area contributed by atoms with E-state index in [1.807, 2.05) is 0 Å². The van der Waals surface area contributed by atoms with Gasteiger partial charge >= 0.3 is 6.09 Å². The van der Waals surface area contributed by atoms with E-state index in [1.54, 1.807) is 0 Å². The molecule has 1 aliphatic heterocycles. The van der Waals surface area contributed by atoms with Crippen LogP contribution in [0.1, 0.15) is 105 Å². The molecule has 1 rings (SSSR count). The van der Waals surface area contributed by atoms with Crippen LogP contribution in [0.5, 0.6) is 0 Å². The van der Waals surface area contributed by atoms with Gasteiger partial charge < -0.3 is 10.4 Å². The normalized spacial score (nSPS) is 23.0. The van der Waals surface area contributed by atoms with Gasteiger partial charge in [0.25, 0.3) is 0 Å². The number of amides is 1. The molecule has 1 amide bonds. The fourth-order valence-corrected chi connectivity index (χ4v) is 4.89. The van der Waals surface area contributed by atoms with Crippen LogP contribution >= 0.6 is 0 Å². The van der Waals surface area contributed by atoms with Gasteiger partial charge in [-0.2, -0.15) is 0 Å². The summed E-state index contributed by atoms with van der Waals surface area (Å²) in [5, 5.41) is 12.7. The van der Waals surface area contributed by atoms with E-state index in [4.69, 9.17) is 0 Å². The third-order valence-corrected chi connectivity index (χ3v) is 6.28. The molecule has 0 spiro atoms. The Kier molecular flexibility index (Phi) is 9.84. The predicted octanol–water partition coefficient (Wildman–Crippen LogP) is 5.81. The number of likely N-dealkylation sites (tertiary alicyclic amines) is 1. The first-order valence-corrected chi connectivity index (χ1v) is 10.8. The summed E-state index contributed by atoms with van der Waals surface area (Å²) in [6.45, 7) is 11.1. The lowest BCUT2D eigenvalue weighted by Gasteiger charge is -2.51. The lowest BCUT2D eigenvalue weighted by atomic mass is 9.68. The van der Waals surface area contributed by atoms with E-state index in [0.717, 1.165) is 51.6 Å². The van der Waals surface area contributed by atoms with Crippen molar-refractivity contribution in [3.05, 3.63) is 0 Å². The minimum absolute atomic E-state index is 0.00174. The summed E-state index contributed by atoms with van der Waals surface area (Å²) in [4.78, 5) is 14.4. The van der Waals surface area contributed by atoms with Gasteiger partial charge in [0.15, 0.2) is 0 Å². The van der Waals surface area contributed by atoms with E-state index in [-0.39, 0.29) is 11.1 Å². The SMILES string of the molecule is CCCCN1CC[C@@](CCCC)(NC(=O)O)C1(CCCC)CCCC. The number of nitrogens with zero attached hydrogens (tertiary/aromatic N) is 1. The Bertz CT molecular complexity index is 378. The van der Waals surface area contributed by atoms with E-state index in [0.29, 0.717) is 0 Å². The van der Waals surface area contributed by atoms with E-state index >= 15 is 0 Å². The van der Waals surface area contributed by atoms with Crippen LogP contribution in [0.4, 0.5) is 4.79 Å². The second kappa shape index (κ2) is 11.1. The molecule has 1 aliphatic rings. The maximum absolute atomic E-state index is 11.8. The number of carbonyl (C=O) groups is 1. The third-order valence-electron chi connectivity index (χ3n) is 6.28. The lowest BCUT2D eigenvalue weighted by Crippen LogP contribution is -2.65. The highest BCUT2D eigenvalue weighted by Crippen LogP contribution is 2.48. The molecule has 0 aromatic heterocycles. The largest absolute Gasteiger partial charge is 0.465 e. The maximum atomic E-state index is 11.8. The Labute approximate surface area is 155 Å². The van der Waals surface area contributed by atoms with Gasteiger partial charge in [-0.25, -0.2) is 4.79 Å². The van der Waals surface area contributed by atoms with E-state index in [2.05, 4.69) is 37.9 Å². The summed E-state index contributed by atoms with van der Waals surface area (Å²) in [5.74, 6) is 0. The molecule has 0 radical (unpaired) electrons. The molecule has 1 heterocycles. The molecule has 4 nitrogen and oxygen atoms in total. The molecule has 0 bridgehead atoms. The number of carboxylic acid groups (broad SMARTS) is 1. The minimum Gasteiger partial charge on any atom is -0.465 e. The zero-order valence-corrected chi connectivity index (χ0v) is 17.2. The van der Waals surface area contributed by atoms with Gasteiger partial charge in [0.05, 0.1) is 5.54 Å². The quantitative estimate of drug-likeness (QED) is 0.439. The van der Waals surface area contributed by atoms with Crippen LogP contribution in [-0.2, 0) is 0 Å². The third kappa shape index (κ3) is 5.35. The summed E-state index contributed by atoms with van der Waals surface area (Å²) in [5.41, 5.74) is -0.269. The smallest absolute Gasteiger partial charge is 0.405 e. The zero-order valence-electron chi connectivity index (χ0n) is 17.2. The molecular weight excluding hydrogens is 312 g/mol. The second-order valence-corrected chi connectivity index (χ2v) is 7.95. The molecular formula is C21H42N2O2. The Hall–Kier alpha value is -0.770. The average molecular weight is 355 g/mol. The molecule has 1 fully saturated rings. The van der Waals surface area contributed by atoms with Crippen LogP contribution in [0, 0.1) is 0 Å². The van der Waals surface area contributed by atoms with Crippen LogP contribution in [0.3, 0.4) is 0 Å². The molecule has 0 saturated carbocycles. The van der Waals surface area contributed by atoms with Crippen molar-refractivity contribution >= 4 is 6.09 Å². The van der Waals surface area contributed by atoms with Gasteiger partial charge in [0.1, 0.15) is 0 Å². The van der Waals surface area contributed by atoms with Gasteiger partial charge in [-0.15, -0.1) is 0 Å². The van der Waals surface area contributed by atoms with Gasteiger partial charge in [-0.3, -0.25) is 4.90 Å². The number of nitrogens with one attached hydrogen (secondary N) is 1. The van der Waals surface area contributed by atoms with Crippen molar-refractivity contribution in [1.82, 2.24) is 10.2 Å². The Morgan fingerprint density at radius 1 is 0.920 bits per heavy atom. The van der Waals surface area contributed by atoms with Crippen molar-refractivity contribution in [2.24, 2.45) is 0 Å². The molecule has 0 aromatic rings. The summed E-state index contributed by atoms with van der Waals surface area (Å²) < 4.78 is 0. The van der Waals surface area contributed by atoms with Crippen molar-refractivity contribution in [2.75, 3.05) is 13.1 Å². The number of unbranched alkanes of at least 4 members (excludes halogenated alkanes) is 4. The van der Waals surface area contributed by atoms with Gasteiger partial charge in [-0.05, 0) is 38.6 Å². The van der Waals surface area contributed by atoms with Crippen LogP contribution in [-0.4, -0.2) is 40.3 Å².